The minimum Gasteiger partial charge on any atom is -0.503 e. The summed E-state index contributed by atoms with van der Waals surface area (Å²) in [6.45, 7) is 1.92. The molecule has 7 heteroatoms. The number of anilines is 1. The number of thiazole rings is 1. The molecule has 1 N–H and O–H groups in total. The molecule has 0 radical (unpaired) electrons. The van der Waals surface area contributed by atoms with Crippen molar-refractivity contribution in [2.24, 2.45) is 0 Å². The molecule has 0 bridgehead atoms. The largest absolute Gasteiger partial charge is 0.503 e. The molecule has 1 amide bonds. The van der Waals surface area contributed by atoms with E-state index in [2.05, 4.69) is 4.98 Å². The van der Waals surface area contributed by atoms with Crippen molar-refractivity contribution in [2.75, 3.05) is 12.0 Å². The van der Waals surface area contributed by atoms with Gasteiger partial charge in [0, 0.05) is 0 Å². The van der Waals surface area contributed by atoms with Crippen LogP contribution in [0.1, 0.15) is 17.2 Å². The van der Waals surface area contributed by atoms with Gasteiger partial charge in [-0.25, -0.2) is 9.78 Å². The number of methoxy groups -OCH3 is 1. The van der Waals surface area contributed by atoms with Gasteiger partial charge in [0.1, 0.15) is 11.6 Å². The van der Waals surface area contributed by atoms with Crippen molar-refractivity contribution < 1.29 is 19.4 Å². The Morgan fingerprint density at radius 3 is 2.70 bits per heavy atom. The number of para-hydroxylation sites is 1. The van der Waals surface area contributed by atoms with Crippen LogP contribution in [-0.2, 0) is 14.3 Å². The summed E-state index contributed by atoms with van der Waals surface area (Å²) in [5.74, 6) is -2.01. The molecule has 1 aliphatic heterocycles. The van der Waals surface area contributed by atoms with Gasteiger partial charge in [0.2, 0.25) is 0 Å². The minimum atomic E-state index is -0.801. The molecular formula is C20H16N2O4S. The predicted octanol–water partition coefficient (Wildman–Crippen LogP) is 3.68. The fourth-order valence-electron chi connectivity index (χ4n) is 3.24. The number of carbonyl (C=O) groups is 2. The number of hydrogen-bond acceptors (Lipinski definition) is 6. The molecule has 0 saturated carbocycles. The molecule has 0 spiro atoms. The molecule has 27 heavy (non-hydrogen) atoms. The number of hydrogen-bond donors (Lipinski definition) is 1. The molecule has 0 fully saturated rings. The molecule has 1 aromatic heterocycles. The highest BCUT2D eigenvalue weighted by molar-refractivity contribution is 7.22. The zero-order chi connectivity index (χ0) is 19.1. The van der Waals surface area contributed by atoms with E-state index >= 15 is 0 Å². The van der Waals surface area contributed by atoms with Crippen LogP contribution in [0, 0.1) is 6.92 Å². The number of ether oxygens (including phenoxy) is 1. The highest BCUT2D eigenvalue weighted by Crippen LogP contribution is 2.43. The van der Waals surface area contributed by atoms with E-state index in [9.17, 15) is 14.7 Å². The molecule has 136 valence electrons. The van der Waals surface area contributed by atoms with E-state index in [1.165, 1.54) is 23.3 Å². The maximum atomic E-state index is 12.9. The molecule has 6 nitrogen and oxygen atoms in total. The Bertz CT molecular complexity index is 1070. The molecule has 3 aromatic rings. The lowest BCUT2D eigenvalue weighted by atomic mass is 9.98. The Morgan fingerprint density at radius 1 is 1.22 bits per heavy atom. The molecular weight excluding hydrogens is 364 g/mol. The van der Waals surface area contributed by atoms with Crippen LogP contribution >= 0.6 is 11.3 Å². The number of esters is 1. The number of carbonyl (C=O) groups excluding carboxylic acids is 2. The van der Waals surface area contributed by atoms with Gasteiger partial charge in [-0.15, -0.1) is 0 Å². The number of nitrogens with zero attached hydrogens (tertiary/aromatic N) is 2. The van der Waals surface area contributed by atoms with Crippen molar-refractivity contribution in [3.8, 4) is 0 Å². The highest BCUT2D eigenvalue weighted by Gasteiger charge is 2.46. The van der Waals surface area contributed by atoms with E-state index in [0.29, 0.717) is 10.7 Å². The average Bonchev–Trinajstić information content (AvgIpc) is 3.20. The van der Waals surface area contributed by atoms with E-state index in [0.717, 1.165) is 15.8 Å². The van der Waals surface area contributed by atoms with E-state index in [1.807, 2.05) is 55.5 Å². The fraction of sp³-hybridized carbons (Fsp3) is 0.150. The first-order valence-corrected chi connectivity index (χ1v) is 9.10. The van der Waals surface area contributed by atoms with Gasteiger partial charge in [-0.05, 0) is 24.6 Å². The number of rotatable bonds is 3. The summed E-state index contributed by atoms with van der Waals surface area (Å²) >= 11 is 1.33. The number of fused-ring (bicyclic) bond motifs is 1. The minimum absolute atomic E-state index is 0.0765. The zero-order valence-corrected chi connectivity index (χ0v) is 15.5. The summed E-state index contributed by atoms with van der Waals surface area (Å²) in [4.78, 5) is 31.1. The number of amides is 1. The smallest absolute Gasteiger partial charge is 0.340 e. The maximum absolute atomic E-state index is 12.9. The second-order valence-electron chi connectivity index (χ2n) is 6.21. The SMILES string of the molecule is COC(=O)C1=C(O)C(=O)N(c2nc3ccccc3s2)C1c1cccc(C)c1. The lowest BCUT2D eigenvalue weighted by Gasteiger charge is -2.24. The second kappa shape index (κ2) is 6.51. The van der Waals surface area contributed by atoms with Crippen molar-refractivity contribution in [2.45, 2.75) is 13.0 Å². The second-order valence-corrected chi connectivity index (χ2v) is 7.22. The summed E-state index contributed by atoms with van der Waals surface area (Å²) < 4.78 is 5.74. The van der Waals surface area contributed by atoms with Crippen molar-refractivity contribution >= 4 is 38.6 Å². The van der Waals surface area contributed by atoms with Gasteiger partial charge in [-0.1, -0.05) is 53.3 Å². The van der Waals surface area contributed by atoms with Gasteiger partial charge in [-0.3, -0.25) is 9.69 Å². The Kier molecular flexibility index (Phi) is 4.16. The Labute approximate surface area is 159 Å². The molecule has 1 atom stereocenters. The molecule has 1 unspecified atom stereocenters. The first kappa shape index (κ1) is 17.2. The topological polar surface area (TPSA) is 79.7 Å². The van der Waals surface area contributed by atoms with Crippen LogP contribution in [0.15, 0.2) is 59.9 Å². The number of benzene rings is 2. The van der Waals surface area contributed by atoms with Crippen LogP contribution in [-0.4, -0.2) is 29.1 Å². The maximum Gasteiger partial charge on any atom is 0.340 e. The van der Waals surface area contributed by atoms with E-state index in [-0.39, 0.29) is 5.57 Å². The highest BCUT2D eigenvalue weighted by atomic mass is 32.1. The van der Waals surface area contributed by atoms with E-state index in [1.54, 1.807) is 0 Å². The van der Waals surface area contributed by atoms with Crippen LogP contribution in [0.4, 0.5) is 5.13 Å². The summed E-state index contributed by atoms with van der Waals surface area (Å²) in [6, 6.07) is 14.2. The van der Waals surface area contributed by atoms with Gasteiger partial charge in [0.15, 0.2) is 10.9 Å². The van der Waals surface area contributed by atoms with Crippen LogP contribution in [0.5, 0.6) is 0 Å². The number of aliphatic hydroxyl groups is 1. The van der Waals surface area contributed by atoms with Gasteiger partial charge in [-0.2, -0.15) is 0 Å². The summed E-state index contributed by atoms with van der Waals surface area (Å²) in [5, 5.41) is 10.8. The van der Waals surface area contributed by atoms with Crippen LogP contribution in [0.25, 0.3) is 10.2 Å². The monoisotopic (exact) mass is 380 g/mol. The third kappa shape index (κ3) is 2.76. The molecule has 0 saturated heterocycles. The Balaban J connectivity index is 1.91. The first-order chi connectivity index (χ1) is 13.0. The molecule has 0 aliphatic carbocycles. The van der Waals surface area contributed by atoms with Crippen molar-refractivity contribution in [1.29, 1.82) is 0 Å². The normalized spacial score (nSPS) is 17.0. The van der Waals surface area contributed by atoms with Gasteiger partial charge in [0.05, 0.1) is 17.3 Å². The standard InChI is InChI=1S/C20H16N2O4S/c1-11-6-5-7-12(10-11)16-15(19(25)26-2)17(23)18(24)22(16)20-21-13-8-3-4-9-14(13)27-20/h3-10,16,23H,1-2H3. The quantitative estimate of drug-likeness (QED) is 0.701. The third-order valence-electron chi connectivity index (χ3n) is 4.46. The third-order valence-corrected chi connectivity index (χ3v) is 5.50. The zero-order valence-electron chi connectivity index (χ0n) is 14.7. The number of aliphatic hydroxyl groups excluding tert-OH is 1. The van der Waals surface area contributed by atoms with Crippen LogP contribution in [0.3, 0.4) is 0 Å². The van der Waals surface area contributed by atoms with E-state index < -0.39 is 23.7 Å². The van der Waals surface area contributed by atoms with Gasteiger partial charge >= 0.3 is 5.97 Å². The molecule has 1 aliphatic rings. The van der Waals surface area contributed by atoms with Crippen molar-refractivity contribution in [3.63, 3.8) is 0 Å². The molecule has 4 rings (SSSR count). The van der Waals surface area contributed by atoms with Crippen LogP contribution in [0.2, 0.25) is 0 Å². The van der Waals surface area contributed by atoms with E-state index in [4.69, 9.17) is 4.74 Å². The predicted molar refractivity (Wildman–Crippen MR) is 103 cm³/mol. The van der Waals surface area contributed by atoms with Gasteiger partial charge < -0.3 is 9.84 Å². The Morgan fingerprint density at radius 2 is 2.00 bits per heavy atom. The van der Waals surface area contributed by atoms with Crippen molar-refractivity contribution in [1.82, 2.24) is 4.98 Å². The average molecular weight is 380 g/mol. The lowest BCUT2D eigenvalue weighted by Crippen LogP contribution is -2.31. The van der Waals surface area contributed by atoms with Crippen molar-refractivity contribution in [3.05, 3.63) is 71.0 Å². The summed E-state index contributed by atoms with van der Waals surface area (Å²) in [7, 11) is 1.22. The lowest BCUT2D eigenvalue weighted by molar-refractivity contribution is -0.136. The van der Waals surface area contributed by atoms with Gasteiger partial charge in [0.25, 0.3) is 5.91 Å². The fourth-order valence-corrected chi connectivity index (χ4v) is 4.23. The number of aromatic nitrogens is 1. The summed E-state index contributed by atoms with van der Waals surface area (Å²) in [5.41, 5.74) is 2.35. The van der Waals surface area contributed by atoms with Crippen LogP contribution < -0.4 is 4.90 Å². The number of aryl methyl sites for hydroxylation is 1. The molecule has 2 heterocycles. The Hall–Kier alpha value is -3.19. The first-order valence-electron chi connectivity index (χ1n) is 8.28. The molecule has 2 aromatic carbocycles. The summed E-state index contributed by atoms with van der Waals surface area (Å²) in [6.07, 6.45) is 0.